The second kappa shape index (κ2) is 11.3. The molecule has 2 heterocycles. The summed E-state index contributed by atoms with van der Waals surface area (Å²) in [6.45, 7) is 1.92. The van der Waals surface area contributed by atoms with Crippen molar-refractivity contribution in [2.75, 3.05) is 21.5 Å². The van der Waals surface area contributed by atoms with Crippen LogP contribution in [0.15, 0.2) is 70.0 Å². The Kier molecular flexibility index (Phi) is 7.93. The fraction of sp³-hybridized carbons (Fsp3) is 0.0800. The van der Waals surface area contributed by atoms with Crippen molar-refractivity contribution in [3.8, 4) is 23.3 Å². The molecule has 1 amide bonds. The van der Waals surface area contributed by atoms with E-state index in [1.807, 2.05) is 25.1 Å². The van der Waals surface area contributed by atoms with Crippen LogP contribution in [0.2, 0.25) is 0 Å². The van der Waals surface area contributed by atoms with Gasteiger partial charge in [0.25, 0.3) is 10.0 Å². The molecular weight excluding hydrogens is 543 g/mol. The number of rotatable bonds is 8. The normalized spacial score (nSPS) is 10.8. The number of thiazole rings is 1. The highest BCUT2D eigenvalue weighted by atomic mass is 32.2. The van der Waals surface area contributed by atoms with Crippen molar-refractivity contribution in [1.29, 1.82) is 10.5 Å². The van der Waals surface area contributed by atoms with Gasteiger partial charge in [0, 0.05) is 22.8 Å². The Balaban J connectivity index is 1.49. The summed E-state index contributed by atoms with van der Waals surface area (Å²) in [6.07, 6.45) is 1.49. The van der Waals surface area contributed by atoms with Crippen LogP contribution in [0.1, 0.15) is 16.7 Å². The molecule has 13 heteroatoms. The Morgan fingerprint density at radius 1 is 1.08 bits per heavy atom. The smallest absolute Gasteiger partial charge is 0.263 e. The minimum atomic E-state index is -3.81. The summed E-state index contributed by atoms with van der Waals surface area (Å²) >= 11 is 2.16. The molecule has 0 saturated carbocycles. The largest absolute Gasteiger partial charge is 0.383 e. The second-order valence-electron chi connectivity index (χ2n) is 7.82. The van der Waals surface area contributed by atoms with E-state index in [0.29, 0.717) is 16.8 Å². The average Bonchev–Trinajstić information content (AvgIpc) is 3.40. The summed E-state index contributed by atoms with van der Waals surface area (Å²) in [5, 5.41) is 24.3. The molecule has 0 aliphatic carbocycles. The van der Waals surface area contributed by atoms with Crippen molar-refractivity contribution < 1.29 is 13.2 Å². The highest BCUT2D eigenvalue weighted by molar-refractivity contribution is 8.00. The van der Waals surface area contributed by atoms with Gasteiger partial charge in [-0.2, -0.15) is 10.5 Å². The third-order valence-electron chi connectivity index (χ3n) is 5.20. The van der Waals surface area contributed by atoms with Crippen LogP contribution in [0.5, 0.6) is 0 Å². The summed E-state index contributed by atoms with van der Waals surface area (Å²) in [6, 6.07) is 17.1. The number of hydrogen-bond donors (Lipinski definition) is 3. The van der Waals surface area contributed by atoms with E-state index < -0.39 is 15.9 Å². The van der Waals surface area contributed by atoms with Gasteiger partial charge in [0.05, 0.1) is 16.2 Å². The van der Waals surface area contributed by atoms with Crippen LogP contribution in [-0.2, 0) is 14.8 Å². The SMILES string of the molecule is Cc1ccc(-c2c(C#N)c(N)nc(SCC(=O)Nc3ccc(S(=O)(=O)Nc4nccs4)cc3)c2C#N)cc1. The molecule has 0 saturated heterocycles. The highest BCUT2D eigenvalue weighted by Gasteiger charge is 2.21. The number of aryl methyl sites for hydroxylation is 1. The van der Waals surface area contributed by atoms with E-state index in [0.717, 1.165) is 28.7 Å². The van der Waals surface area contributed by atoms with Gasteiger partial charge in [0.15, 0.2) is 5.13 Å². The minimum absolute atomic E-state index is 0.0135. The maximum atomic E-state index is 12.6. The quantitative estimate of drug-likeness (QED) is 0.264. The molecule has 2 aromatic carbocycles. The standard InChI is InChI=1S/C25H19N7O3S3/c1-15-2-4-16(5-3-15)22-19(12-26)23(28)31-24(20(22)13-27)37-14-21(33)30-17-6-8-18(9-7-17)38(34,35)32-25-29-10-11-36-25/h2-11H,14H2,1H3,(H2,28,31)(H,29,32)(H,30,33). The minimum Gasteiger partial charge on any atom is -0.383 e. The summed E-state index contributed by atoms with van der Waals surface area (Å²) in [5.41, 5.74) is 8.69. The maximum absolute atomic E-state index is 12.6. The monoisotopic (exact) mass is 561 g/mol. The van der Waals surface area contributed by atoms with Gasteiger partial charge in [-0.3, -0.25) is 9.52 Å². The third kappa shape index (κ3) is 5.92. The lowest BCUT2D eigenvalue weighted by molar-refractivity contribution is -0.113. The van der Waals surface area contributed by atoms with Gasteiger partial charge in [0.1, 0.15) is 28.5 Å². The van der Waals surface area contributed by atoms with Crippen molar-refractivity contribution in [1.82, 2.24) is 9.97 Å². The number of benzene rings is 2. The summed E-state index contributed by atoms with van der Waals surface area (Å²) in [7, 11) is -3.81. The fourth-order valence-corrected chi connectivity index (χ4v) is 5.99. The number of sulfonamides is 1. The number of aromatic nitrogens is 2. The summed E-state index contributed by atoms with van der Waals surface area (Å²) in [4.78, 5) is 20.7. The topological polar surface area (TPSA) is 175 Å². The van der Waals surface area contributed by atoms with Crippen molar-refractivity contribution >= 4 is 55.7 Å². The predicted octanol–water partition coefficient (Wildman–Crippen LogP) is 4.37. The summed E-state index contributed by atoms with van der Waals surface area (Å²) < 4.78 is 27.3. The van der Waals surface area contributed by atoms with Gasteiger partial charge in [-0.15, -0.1) is 11.3 Å². The lowest BCUT2D eigenvalue weighted by atomic mass is 9.96. The average molecular weight is 562 g/mol. The zero-order chi connectivity index (χ0) is 27.3. The maximum Gasteiger partial charge on any atom is 0.263 e. The van der Waals surface area contributed by atoms with Crippen molar-refractivity contribution in [2.24, 2.45) is 0 Å². The van der Waals surface area contributed by atoms with Gasteiger partial charge in [-0.05, 0) is 36.8 Å². The van der Waals surface area contributed by atoms with E-state index >= 15 is 0 Å². The molecule has 0 fully saturated rings. The molecule has 4 N–H and O–H groups in total. The van der Waals surface area contributed by atoms with Crippen LogP contribution in [0, 0.1) is 29.6 Å². The molecular formula is C25H19N7O3S3. The van der Waals surface area contributed by atoms with Crippen LogP contribution >= 0.6 is 23.1 Å². The molecule has 0 radical (unpaired) electrons. The van der Waals surface area contributed by atoms with E-state index in [1.54, 1.807) is 17.5 Å². The number of pyridine rings is 1. The predicted molar refractivity (Wildman–Crippen MR) is 147 cm³/mol. The number of nitrogens with one attached hydrogen (secondary N) is 2. The van der Waals surface area contributed by atoms with Crippen LogP contribution in [0.4, 0.5) is 16.6 Å². The number of hydrogen-bond acceptors (Lipinski definition) is 10. The van der Waals surface area contributed by atoms with Gasteiger partial charge in [0.2, 0.25) is 5.91 Å². The molecule has 38 heavy (non-hydrogen) atoms. The Bertz CT molecular complexity index is 1670. The van der Waals surface area contributed by atoms with E-state index in [1.165, 1.54) is 30.5 Å². The molecule has 2 aromatic heterocycles. The van der Waals surface area contributed by atoms with Crippen LogP contribution in [0.3, 0.4) is 0 Å². The number of nitriles is 2. The zero-order valence-corrected chi connectivity index (χ0v) is 22.2. The second-order valence-corrected chi connectivity index (χ2v) is 11.4. The van der Waals surface area contributed by atoms with Crippen molar-refractivity contribution in [2.45, 2.75) is 16.8 Å². The fourth-order valence-electron chi connectivity index (χ4n) is 3.41. The first-order valence-corrected chi connectivity index (χ1v) is 14.2. The Morgan fingerprint density at radius 3 is 2.37 bits per heavy atom. The van der Waals surface area contributed by atoms with Gasteiger partial charge in [-0.25, -0.2) is 18.4 Å². The number of nitrogens with two attached hydrogens (primary N) is 1. The number of carbonyl (C=O) groups excluding carboxylic acids is 1. The van der Waals surface area contributed by atoms with Crippen molar-refractivity contribution in [3.63, 3.8) is 0 Å². The van der Waals surface area contributed by atoms with Crippen LogP contribution in [-0.4, -0.2) is 30.0 Å². The molecule has 4 rings (SSSR count). The molecule has 0 spiro atoms. The first kappa shape index (κ1) is 26.6. The van der Waals surface area contributed by atoms with E-state index in [4.69, 9.17) is 5.73 Å². The third-order valence-corrected chi connectivity index (χ3v) is 8.35. The van der Waals surface area contributed by atoms with Crippen molar-refractivity contribution in [3.05, 3.63) is 76.8 Å². The Hall–Kier alpha value is -4.43. The number of nitrogens with zero attached hydrogens (tertiary/aromatic N) is 4. The van der Waals surface area contributed by atoms with Gasteiger partial charge >= 0.3 is 0 Å². The first-order chi connectivity index (χ1) is 18.2. The number of anilines is 3. The molecule has 190 valence electrons. The van der Waals surface area contributed by atoms with Gasteiger partial charge in [-0.1, -0.05) is 41.6 Å². The van der Waals surface area contributed by atoms with E-state index in [2.05, 4.69) is 26.1 Å². The van der Waals surface area contributed by atoms with E-state index in [-0.39, 0.29) is 37.8 Å². The van der Waals surface area contributed by atoms with E-state index in [9.17, 15) is 23.7 Å². The number of amides is 1. The first-order valence-electron chi connectivity index (χ1n) is 10.9. The molecule has 0 unspecified atom stereocenters. The molecule has 10 nitrogen and oxygen atoms in total. The zero-order valence-electron chi connectivity index (χ0n) is 19.8. The Morgan fingerprint density at radius 2 is 1.76 bits per heavy atom. The molecule has 0 aliphatic rings. The van der Waals surface area contributed by atoms with Gasteiger partial charge < -0.3 is 11.1 Å². The highest BCUT2D eigenvalue weighted by Crippen LogP contribution is 2.35. The molecule has 0 atom stereocenters. The number of thioether (sulfide) groups is 1. The van der Waals surface area contributed by atoms with Crippen LogP contribution in [0.25, 0.3) is 11.1 Å². The summed E-state index contributed by atoms with van der Waals surface area (Å²) in [5.74, 6) is -0.545. The molecule has 4 aromatic rings. The lowest BCUT2D eigenvalue weighted by Gasteiger charge is -2.13. The number of nitrogen functional groups attached to an aromatic ring is 1. The number of carbonyl (C=O) groups is 1. The lowest BCUT2D eigenvalue weighted by Crippen LogP contribution is -2.15. The Labute approximate surface area is 227 Å². The molecule has 0 bridgehead atoms. The van der Waals surface area contributed by atoms with Crippen LogP contribution < -0.4 is 15.8 Å². The molecule has 0 aliphatic heterocycles.